The van der Waals surface area contributed by atoms with Crippen molar-refractivity contribution >= 4 is 40.3 Å². The predicted octanol–water partition coefficient (Wildman–Crippen LogP) is 3.41. The van der Waals surface area contributed by atoms with Crippen LogP contribution in [0.4, 0.5) is 4.79 Å². The fourth-order valence-corrected chi connectivity index (χ4v) is 4.54. The number of carbonyl (C=O) groups excluding carboxylic acids is 3. The molecule has 4 heterocycles. The van der Waals surface area contributed by atoms with Crippen molar-refractivity contribution in [1.29, 1.82) is 0 Å². The minimum Gasteiger partial charge on any atom is -0.463 e. The van der Waals surface area contributed by atoms with E-state index < -0.39 is 24.0 Å². The van der Waals surface area contributed by atoms with Crippen molar-refractivity contribution in [2.24, 2.45) is 0 Å². The molecule has 3 aromatic rings. The van der Waals surface area contributed by atoms with Crippen LogP contribution in [0.15, 0.2) is 41.0 Å². The number of carbonyl (C=O) groups is 3. The number of esters is 2. The highest BCUT2D eigenvalue weighted by atomic mass is 32.1. The summed E-state index contributed by atoms with van der Waals surface area (Å²) < 4.78 is 12.5. The van der Waals surface area contributed by atoms with Crippen LogP contribution >= 0.6 is 11.3 Å². The summed E-state index contributed by atoms with van der Waals surface area (Å²) in [5.74, 6) is -1.21. The zero-order chi connectivity index (χ0) is 24.4. The topological polar surface area (TPSA) is 124 Å². The SMILES string of the molecule is CCOC(=O)C1=C(COC(=O)c2cc(C)nc3c2cnn3C(C)C)NC(=O)NC1c1cccs1. The Hall–Kier alpha value is -3.73. The molecule has 0 spiro atoms. The summed E-state index contributed by atoms with van der Waals surface area (Å²) in [7, 11) is 0. The summed E-state index contributed by atoms with van der Waals surface area (Å²) in [6.45, 7) is 7.27. The van der Waals surface area contributed by atoms with E-state index in [-0.39, 0.29) is 30.5 Å². The van der Waals surface area contributed by atoms with Crippen molar-refractivity contribution in [3.63, 3.8) is 0 Å². The molecule has 178 valence electrons. The van der Waals surface area contributed by atoms with Gasteiger partial charge >= 0.3 is 18.0 Å². The fourth-order valence-electron chi connectivity index (χ4n) is 3.76. The first-order valence-corrected chi connectivity index (χ1v) is 11.7. The van der Waals surface area contributed by atoms with E-state index in [1.165, 1.54) is 11.3 Å². The molecule has 2 N–H and O–H groups in total. The minimum atomic E-state index is -0.708. The molecule has 0 aliphatic carbocycles. The number of amides is 2. The van der Waals surface area contributed by atoms with Crippen molar-refractivity contribution in [2.75, 3.05) is 13.2 Å². The van der Waals surface area contributed by atoms with Gasteiger partial charge in [-0.05, 0) is 45.2 Å². The van der Waals surface area contributed by atoms with Gasteiger partial charge in [0.2, 0.25) is 0 Å². The molecule has 0 saturated heterocycles. The van der Waals surface area contributed by atoms with Crippen LogP contribution in [0.3, 0.4) is 0 Å². The molecule has 0 radical (unpaired) electrons. The second kappa shape index (κ2) is 9.64. The number of rotatable bonds is 7. The van der Waals surface area contributed by atoms with Gasteiger partial charge in [0.15, 0.2) is 5.65 Å². The van der Waals surface area contributed by atoms with Gasteiger partial charge in [-0.25, -0.2) is 24.0 Å². The molecule has 10 nitrogen and oxygen atoms in total. The first-order chi connectivity index (χ1) is 16.3. The van der Waals surface area contributed by atoms with Crippen molar-refractivity contribution in [3.05, 3.63) is 57.2 Å². The van der Waals surface area contributed by atoms with Crippen LogP contribution in [0.25, 0.3) is 11.0 Å². The Kier molecular flexibility index (Phi) is 6.64. The molecule has 4 rings (SSSR count). The van der Waals surface area contributed by atoms with Crippen LogP contribution < -0.4 is 10.6 Å². The molecule has 0 fully saturated rings. The first-order valence-electron chi connectivity index (χ1n) is 10.8. The van der Waals surface area contributed by atoms with Crippen molar-refractivity contribution in [2.45, 2.75) is 39.8 Å². The Labute approximate surface area is 199 Å². The number of nitrogens with zero attached hydrogens (tertiary/aromatic N) is 3. The zero-order valence-corrected chi connectivity index (χ0v) is 20.1. The third kappa shape index (κ3) is 4.51. The van der Waals surface area contributed by atoms with Crippen LogP contribution in [0.1, 0.15) is 53.8 Å². The maximum Gasteiger partial charge on any atom is 0.339 e. The summed E-state index contributed by atoms with van der Waals surface area (Å²) in [5, 5.41) is 12.1. The predicted molar refractivity (Wildman–Crippen MR) is 125 cm³/mol. The fraction of sp³-hybridized carbons (Fsp3) is 0.348. The summed E-state index contributed by atoms with van der Waals surface area (Å²) in [6.07, 6.45) is 1.58. The van der Waals surface area contributed by atoms with Crippen LogP contribution in [-0.2, 0) is 14.3 Å². The van der Waals surface area contributed by atoms with Gasteiger partial charge in [-0.1, -0.05) is 6.07 Å². The summed E-state index contributed by atoms with van der Waals surface area (Å²) in [6, 6.07) is 4.12. The zero-order valence-electron chi connectivity index (χ0n) is 19.2. The van der Waals surface area contributed by atoms with Crippen LogP contribution in [0, 0.1) is 6.92 Å². The van der Waals surface area contributed by atoms with Gasteiger partial charge in [0.25, 0.3) is 0 Å². The van der Waals surface area contributed by atoms with E-state index >= 15 is 0 Å². The van der Waals surface area contributed by atoms with E-state index in [0.29, 0.717) is 22.3 Å². The number of nitrogens with one attached hydrogen (secondary N) is 2. The Morgan fingerprint density at radius 3 is 2.74 bits per heavy atom. The maximum absolute atomic E-state index is 13.1. The van der Waals surface area contributed by atoms with Crippen molar-refractivity contribution in [1.82, 2.24) is 25.4 Å². The van der Waals surface area contributed by atoms with Gasteiger partial charge < -0.3 is 20.1 Å². The molecule has 1 aliphatic rings. The van der Waals surface area contributed by atoms with E-state index in [0.717, 1.165) is 4.88 Å². The lowest BCUT2D eigenvalue weighted by atomic mass is 10.0. The molecular formula is C23H25N5O5S. The highest BCUT2D eigenvalue weighted by Gasteiger charge is 2.35. The van der Waals surface area contributed by atoms with E-state index in [1.54, 1.807) is 30.8 Å². The van der Waals surface area contributed by atoms with Gasteiger partial charge in [0, 0.05) is 16.6 Å². The van der Waals surface area contributed by atoms with Crippen LogP contribution in [0.5, 0.6) is 0 Å². The van der Waals surface area contributed by atoms with E-state index in [9.17, 15) is 14.4 Å². The summed E-state index contributed by atoms with van der Waals surface area (Å²) in [5.41, 5.74) is 1.90. The number of aryl methyl sites for hydroxylation is 1. The van der Waals surface area contributed by atoms with Crippen LogP contribution in [0.2, 0.25) is 0 Å². The molecule has 1 atom stereocenters. The Morgan fingerprint density at radius 1 is 1.26 bits per heavy atom. The van der Waals surface area contributed by atoms with Gasteiger partial charge in [-0.3, -0.25) is 0 Å². The monoisotopic (exact) mass is 483 g/mol. The molecule has 11 heteroatoms. The standard InChI is InChI=1S/C23H25N5O5S/c1-5-32-22(30)18-16(26-23(31)27-19(18)17-7-6-8-34-17)11-33-21(29)14-9-13(4)25-20-15(14)10-24-28(20)12(2)3/h6-10,12,19H,5,11H2,1-4H3,(H2,26,27,31). The number of aromatic nitrogens is 3. The Morgan fingerprint density at radius 2 is 2.06 bits per heavy atom. The lowest BCUT2D eigenvalue weighted by Gasteiger charge is -2.28. The average molecular weight is 484 g/mol. The quantitative estimate of drug-likeness (QED) is 0.494. The molecule has 1 unspecified atom stereocenters. The number of urea groups is 1. The Bertz CT molecular complexity index is 1280. The molecule has 2 amide bonds. The number of ether oxygens (including phenoxy) is 2. The van der Waals surface area contributed by atoms with Crippen LogP contribution in [-0.4, -0.2) is 45.9 Å². The number of thiophene rings is 1. The summed E-state index contributed by atoms with van der Waals surface area (Å²) in [4.78, 5) is 43.5. The lowest BCUT2D eigenvalue weighted by molar-refractivity contribution is -0.139. The second-order valence-electron chi connectivity index (χ2n) is 7.97. The molecule has 0 bridgehead atoms. The van der Waals surface area contributed by atoms with E-state index in [2.05, 4.69) is 20.7 Å². The van der Waals surface area contributed by atoms with Gasteiger partial charge in [-0.15, -0.1) is 11.3 Å². The van der Waals surface area contributed by atoms with Gasteiger partial charge in [0.1, 0.15) is 6.61 Å². The molecule has 0 aromatic carbocycles. The van der Waals surface area contributed by atoms with Gasteiger partial charge in [-0.2, -0.15) is 5.10 Å². The Balaban J connectivity index is 1.67. The number of hydrogen-bond acceptors (Lipinski definition) is 8. The second-order valence-corrected chi connectivity index (χ2v) is 8.95. The van der Waals surface area contributed by atoms with Crippen molar-refractivity contribution < 1.29 is 23.9 Å². The maximum atomic E-state index is 13.1. The molecule has 34 heavy (non-hydrogen) atoms. The highest BCUT2D eigenvalue weighted by molar-refractivity contribution is 7.10. The minimum absolute atomic E-state index is 0.0621. The normalized spacial score (nSPS) is 15.9. The van der Waals surface area contributed by atoms with Crippen molar-refractivity contribution in [3.8, 4) is 0 Å². The third-order valence-electron chi connectivity index (χ3n) is 5.23. The molecular weight excluding hydrogens is 458 g/mol. The third-order valence-corrected chi connectivity index (χ3v) is 6.17. The number of hydrogen-bond donors (Lipinski definition) is 2. The average Bonchev–Trinajstić information content (AvgIpc) is 3.46. The van der Waals surface area contributed by atoms with Gasteiger partial charge in [0.05, 0.1) is 41.1 Å². The van der Waals surface area contributed by atoms with E-state index in [4.69, 9.17) is 9.47 Å². The first kappa shape index (κ1) is 23.4. The summed E-state index contributed by atoms with van der Waals surface area (Å²) >= 11 is 1.39. The largest absolute Gasteiger partial charge is 0.463 e. The van der Waals surface area contributed by atoms with E-state index in [1.807, 2.05) is 31.4 Å². The number of pyridine rings is 1. The highest BCUT2D eigenvalue weighted by Crippen LogP contribution is 2.31. The smallest absolute Gasteiger partial charge is 0.339 e. The molecule has 0 saturated carbocycles. The molecule has 3 aromatic heterocycles. The molecule has 1 aliphatic heterocycles. The lowest BCUT2D eigenvalue weighted by Crippen LogP contribution is -2.46. The number of fused-ring (bicyclic) bond motifs is 1.